The second-order valence-electron chi connectivity index (χ2n) is 5.47. The third-order valence-electron chi connectivity index (χ3n) is 4.50. The summed E-state index contributed by atoms with van der Waals surface area (Å²) in [7, 11) is 0. The van der Waals surface area contributed by atoms with Crippen LogP contribution in [0.5, 0.6) is 0 Å². The van der Waals surface area contributed by atoms with Gasteiger partial charge >= 0.3 is 0 Å². The van der Waals surface area contributed by atoms with Crippen LogP contribution in [-0.2, 0) is 0 Å². The van der Waals surface area contributed by atoms with Crippen LogP contribution in [0.3, 0.4) is 0 Å². The molecule has 1 aromatic heterocycles. The predicted octanol–water partition coefficient (Wildman–Crippen LogP) is 3.15. The van der Waals surface area contributed by atoms with Gasteiger partial charge in [-0.3, -0.25) is 0 Å². The van der Waals surface area contributed by atoms with E-state index in [0.717, 1.165) is 24.5 Å². The first-order chi connectivity index (χ1) is 8.62. The van der Waals surface area contributed by atoms with Crippen molar-refractivity contribution in [1.29, 1.82) is 0 Å². The Balaban J connectivity index is 2.24. The molecule has 0 bridgehead atoms. The number of hydrogen-bond acceptors (Lipinski definition) is 3. The third-order valence-corrected chi connectivity index (χ3v) is 4.50. The molecule has 0 radical (unpaired) electrons. The average molecular weight is 248 g/mol. The Kier molecular flexibility index (Phi) is 3.91. The lowest BCUT2D eigenvalue weighted by Crippen LogP contribution is -2.27. The van der Waals surface area contributed by atoms with Gasteiger partial charge in [-0.25, -0.2) is 4.98 Å². The van der Waals surface area contributed by atoms with E-state index < -0.39 is 6.10 Å². The molecule has 0 unspecified atom stereocenters. The molecule has 0 aromatic carbocycles. The normalized spacial score (nSPS) is 20.1. The van der Waals surface area contributed by atoms with E-state index in [9.17, 15) is 5.11 Å². The fraction of sp³-hybridized carbons (Fsp3) is 0.667. The highest BCUT2D eigenvalue weighted by molar-refractivity contribution is 5.49. The van der Waals surface area contributed by atoms with E-state index in [1.165, 1.54) is 19.3 Å². The SMILES string of the molecule is CCC1(CC)CCN(c2ncccc2[C@H](C)O)C1. The van der Waals surface area contributed by atoms with Crippen molar-refractivity contribution in [3.8, 4) is 0 Å². The van der Waals surface area contributed by atoms with Crippen molar-refractivity contribution in [3.63, 3.8) is 0 Å². The summed E-state index contributed by atoms with van der Waals surface area (Å²) in [5.41, 5.74) is 1.38. The van der Waals surface area contributed by atoms with E-state index in [2.05, 4.69) is 23.7 Å². The highest BCUT2D eigenvalue weighted by Crippen LogP contribution is 2.39. The summed E-state index contributed by atoms with van der Waals surface area (Å²) in [6.07, 6.45) is 5.04. The Morgan fingerprint density at radius 1 is 1.44 bits per heavy atom. The van der Waals surface area contributed by atoms with E-state index in [1.807, 2.05) is 25.3 Å². The second-order valence-corrected chi connectivity index (χ2v) is 5.47. The average Bonchev–Trinajstić information content (AvgIpc) is 2.83. The lowest BCUT2D eigenvalue weighted by atomic mass is 9.82. The van der Waals surface area contributed by atoms with E-state index in [-0.39, 0.29) is 0 Å². The number of aromatic nitrogens is 1. The molecule has 0 amide bonds. The van der Waals surface area contributed by atoms with E-state index in [1.54, 1.807) is 0 Å². The van der Waals surface area contributed by atoms with Crippen molar-refractivity contribution in [3.05, 3.63) is 23.9 Å². The standard InChI is InChI=1S/C15H24N2O/c1-4-15(5-2)8-10-17(11-15)14-13(12(3)18)7-6-9-16-14/h6-7,9,12,18H,4-5,8,10-11H2,1-3H3/t12-/m0/s1. The quantitative estimate of drug-likeness (QED) is 0.889. The fourth-order valence-corrected chi connectivity index (χ4v) is 2.94. The first-order valence-corrected chi connectivity index (χ1v) is 7.00. The molecule has 0 aliphatic carbocycles. The molecule has 1 atom stereocenters. The third kappa shape index (κ3) is 2.37. The Hall–Kier alpha value is -1.09. The van der Waals surface area contributed by atoms with Crippen LogP contribution in [-0.4, -0.2) is 23.2 Å². The number of hydrogen-bond donors (Lipinski definition) is 1. The zero-order chi connectivity index (χ0) is 13.2. The number of nitrogens with zero attached hydrogens (tertiary/aromatic N) is 2. The fourth-order valence-electron chi connectivity index (χ4n) is 2.94. The number of anilines is 1. The lowest BCUT2D eigenvalue weighted by molar-refractivity contribution is 0.199. The predicted molar refractivity (Wildman–Crippen MR) is 74.7 cm³/mol. The maximum absolute atomic E-state index is 9.84. The molecule has 1 aliphatic heterocycles. The molecule has 2 heterocycles. The van der Waals surface area contributed by atoms with Crippen molar-refractivity contribution in [2.45, 2.75) is 46.1 Å². The van der Waals surface area contributed by atoms with Crippen LogP contribution >= 0.6 is 0 Å². The zero-order valence-corrected chi connectivity index (χ0v) is 11.7. The summed E-state index contributed by atoms with van der Waals surface area (Å²) in [4.78, 5) is 6.82. The van der Waals surface area contributed by atoms with Crippen molar-refractivity contribution < 1.29 is 5.11 Å². The highest BCUT2D eigenvalue weighted by Gasteiger charge is 2.36. The number of rotatable bonds is 4. The second kappa shape index (κ2) is 5.27. The summed E-state index contributed by atoms with van der Waals surface area (Å²) in [5, 5.41) is 9.84. The molecule has 1 fully saturated rings. The number of aliphatic hydroxyl groups is 1. The summed E-state index contributed by atoms with van der Waals surface area (Å²) in [6, 6.07) is 3.87. The molecule has 3 nitrogen and oxygen atoms in total. The molecule has 1 N–H and O–H groups in total. The molecule has 100 valence electrons. The van der Waals surface area contributed by atoms with Gasteiger partial charge in [-0.1, -0.05) is 19.9 Å². The smallest absolute Gasteiger partial charge is 0.134 e. The summed E-state index contributed by atoms with van der Waals surface area (Å²) < 4.78 is 0. The summed E-state index contributed by atoms with van der Waals surface area (Å²) in [6.45, 7) is 8.49. The van der Waals surface area contributed by atoms with Gasteiger partial charge in [-0.2, -0.15) is 0 Å². The van der Waals surface area contributed by atoms with Gasteiger partial charge in [-0.05, 0) is 37.7 Å². The molecular formula is C15H24N2O. The number of aliphatic hydroxyl groups excluding tert-OH is 1. The Bertz CT molecular complexity index is 399. The summed E-state index contributed by atoms with van der Waals surface area (Å²) in [5.74, 6) is 0.969. The molecule has 3 heteroatoms. The number of pyridine rings is 1. The maximum Gasteiger partial charge on any atom is 0.134 e. The van der Waals surface area contributed by atoms with E-state index in [0.29, 0.717) is 5.41 Å². The van der Waals surface area contributed by atoms with E-state index >= 15 is 0 Å². The first-order valence-electron chi connectivity index (χ1n) is 7.00. The monoisotopic (exact) mass is 248 g/mol. The Labute approximate surface area is 110 Å². The maximum atomic E-state index is 9.84. The zero-order valence-electron chi connectivity index (χ0n) is 11.7. The molecular weight excluding hydrogens is 224 g/mol. The molecule has 0 saturated carbocycles. The van der Waals surface area contributed by atoms with Crippen LogP contribution < -0.4 is 4.90 Å². The van der Waals surface area contributed by atoms with Crippen LogP contribution in [0.2, 0.25) is 0 Å². The van der Waals surface area contributed by atoms with Crippen LogP contribution in [0.15, 0.2) is 18.3 Å². The van der Waals surface area contributed by atoms with Crippen molar-refractivity contribution in [2.24, 2.45) is 5.41 Å². The lowest BCUT2D eigenvalue weighted by Gasteiger charge is -2.27. The van der Waals surface area contributed by atoms with Gasteiger partial charge in [0.25, 0.3) is 0 Å². The molecule has 1 aliphatic rings. The Morgan fingerprint density at radius 3 is 2.72 bits per heavy atom. The van der Waals surface area contributed by atoms with Gasteiger partial charge in [0.2, 0.25) is 0 Å². The van der Waals surface area contributed by atoms with Gasteiger partial charge in [0.15, 0.2) is 0 Å². The van der Waals surface area contributed by atoms with Crippen LogP contribution in [0.25, 0.3) is 0 Å². The van der Waals surface area contributed by atoms with Gasteiger partial charge in [-0.15, -0.1) is 0 Å². The highest BCUT2D eigenvalue weighted by atomic mass is 16.3. The van der Waals surface area contributed by atoms with Crippen molar-refractivity contribution in [1.82, 2.24) is 4.98 Å². The van der Waals surface area contributed by atoms with Crippen LogP contribution in [0.4, 0.5) is 5.82 Å². The molecule has 1 saturated heterocycles. The summed E-state index contributed by atoms with van der Waals surface area (Å²) >= 11 is 0. The molecule has 1 aromatic rings. The van der Waals surface area contributed by atoms with Gasteiger partial charge in [0.05, 0.1) is 6.10 Å². The minimum absolute atomic E-state index is 0.438. The largest absolute Gasteiger partial charge is 0.389 e. The van der Waals surface area contributed by atoms with Crippen molar-refractivity contribution >= 4 is 5.82 Å². The minimum atomic E-state index is -0.452. The topological polar surface area (TPSA) is 36.4 Å². The molecule has 2 rings (SSSR count). The minimum Gasteiger partial charge on any atom is -0.389 e. The first kappa shape index (κ1) is 13.3. The van der Waals surface area contributed by atoms with Gasteiger partial charge in [0, 0.05) is 24.8 Å². The van der Waals surface area contributed by atoms with Gasteiger partial charge < -0.3 is 10.0 Å². The van der Waals surface area contributed by atoms with Gasteiger partial charge in [0.1, 0.15) is 5.82 Å². The molecule has 0 spiro atoms. The van der Waals surface area contributed by atoms with Crippen LogP contribution in [0, 0.1) is 5.41 Å². The Morgan fingerprint density at radius 2 is 2.17 bits per heavy atom. The van der Waals surface area contributed by atoms with E-state index in [4.69, 9.17) is 0 Å². The van der Waals surface area contributed by atoms with Crippen molar-refractivity contribution in [2.75, 3.05) is 18.0 Å². The molecule has 18 heavy (non-hydrogen) atoms. The van der Waals surface area contributed by atoms with Crippen LogP contribution in [0.1, 0.15) is 51.7 Å².